The minimum absolute atomic E-state index is 0.129. The van der Waals surface area contributed by atoms with E-state index in [1.807, 2.05) is 13.0 Å². The summed E-state index contributed by atoms with van der Waals surface area (Å²) in [7, 11) is 0. The Balaban J connectivity index is 1.42. The third kappa shape index (κ3) is 20.5. The molecule has 460 valence electrons. The van der Waals surface area contributed by atoms with Crippen LogP contribution in [0, 0.1) is 17.8 Å². The lowest BCUT2D eigenvalue weighted by Crippen LogP contribution is -2.69. The highest BCUT2D eigenvalue weighted by Crippen LogP contribution is 2.39. The van der Waals surface area contributed by atoms with Crippen LogP contribution in [0.25, 0.3) is 0 Å². The summed E-state index contributed by atoms with van der Waals surface area (Å²) in [5.41, 5.74) is 0. The van der Waals surface area contributed by atoms with Crippen LogP contribution in [0.4, 0.5) is 0 Å². The Hall–Kier alpha value is -3.68. The van der Waals surface area contributed by atoms with E-state index in [2.05, 4.69) is 5.32 Å². The van der Waals surface area contributed by atoms with Crippen LogP contribution in [-0.4, -0.2) is 249 Å². The number of ether oxygens (including phenoxy) is 6. The van der Waals surface area contributed by atoms with Gasteiger partial charge in [0.15, 0.2) is 12.1 Å². The average Bonchev–Trinajstić information content (AvgIpc) is 3.52. The van der Waals surface area contributed by atoms with E-state index in [0.29, 0.717) is 0 Å². The van der Waals surface area contributed by atoms with Crippen LogP contribution >= 0.6 is 0 Å². The van der Waals surface area contributed by atoms with Crippen molar-refractivity contribution in [1.82, 2.24) is 10.2 Å². The van der Waals surface area contributed by atoms with E-state index in [0.717, 1.165) is 0 Å². The molecule has 24 heteroatoms. The van der Waals surface area contributed by atoms with Gasteiger partial charge in [-0.05, 0) is 33.1 Å². The number of aliphatic hydroxyl groups excluding tert-OH is 12. The van der Waals surface area contributed by atoms with Crippen LogP contribution in [0.1, 0.15) is 79.1 Å². The zero-order chi connectivity index (χ0) is 59.6. The molecule has 24 nitrogen and oxygen atoms in total. The molecule has 0 radical (unpaired) electrons. The number of hydrogen-bond donors (Lipinski definition) is 15. The molecule has 5 heterocycles. The number of esters is 1. The molecule has 0 saturated carbocycles. The Morgan fingerprint density at radius 1 is 0.654 bits per heavy atom. The average molecular weight is 1160 g/mol. The quantitative estimate of drug-likeness (QED) is 0.127. The monoisotopic (exact) mass is 1150 g/mol. The molecule has 0 aliphatic carbocycles. The van der Waals surface area contributed by atoms with Crippen LogP contribution in [0.2, 0.25) is 0 Å². The summed E-state index contributed by atoms with van der Waals surface area (Å²) in [5, 5.41) is 157. The van der Waals surface area contributed by atoms with Gasteiger partial charge in [0, 0.05) is 50.6 Å². The highest BCUT2D eigenvalue weighted by Gasteiger charge is 2.53. The molecular weight excluding hydrogens is 1060 g/mol. The Kier molecular flexibility index (Phi) is 27.4. The maximum atomic E-state index is 14.4. The molecular formula is C57H90N2O22. The van der Waals surface area contributed by atoms with E-state index in [4.69, 9.17) is 28.4 Å². The molecule has 5 aliphatic heterocycles. The summed E-state index contributed by atoms with van der Waals surface area (Å²) in [4.78, 5) is 28.6. The number of amides is 1. The SMILES string of the molecule is CC1[C@H](C)OC(=O)C[C@H](O)C[C@H](O)CC[C@@H](O)[C@H](O)C[C@H](O)C[C@]2(O)C[C@H](O)C(C(=O)N3CCOCC3)C(C[C@@H](O[C@@H]3O[C@H](C)[C@@H](O)[C@H](NC[C@@]4(O)OC[C@@H](O)[C@H](O)[C@@H]4O)[C@@H]3O)/C=C/C=C/C=C/C=C/C=C/C=C/C=C/[C@H](C)[C@H]1O)O2. The molecule has 1 amide bonds. The second-order valence-electron chi connectivity index (χ2n) is 22.2. The fourth-order valence-corrected chi connectivity index (χ4v) is 10.5. The Labute approximate surface area is 473 Å². The standard InChI is InChI=1S/C57H90N2O22/c1-33-17-15-13-11-9-7-5-6-8-10-12-14-16-18-40(80-55-52(71)48(50(69)36(4)79-55)58-32-57(75)53(72)51(70)44(66)31-77-57)28-45-47(54(73)59-21-23-76-24-22-59)43(65)30-56(74,81-45)29-39(62)26-42(64)41(63)20-19-37(60)25-38(61)27-46(67)78-35(3)34(2)49(33)68/h5-18,33-45,47-53,55,58,60-66,68-72,74-75H,19-32H2,1-4H3/b6-5+,9-7+,10-8+,13-11+,14-12+,17-15+,18-16+/t33-,34?,35-,36+,37+,38+,39-,40-,41+,42+,43-,44+,45?,47?,48-,49+,50+,51-,52-,53-,55-,56+,57+/m0/s1. The minimum atomic E-state index is -2.46. The Morgan fingerprint density at radius 3 is 1.89 bits per heavy atom. The highest BCUT2D eigenvalue weighted by molar-refractivity contribution is 5.80. The first-order valence-electron chi connectivity index (χ1n) is 28.0. The summed E-state index contributed by atoms with van der Waals surface area (Å²) in [6.45, 7) is 6.27. The van der Waals surface area contributed by atoms with E-state index in [-0.39, 0.29) is 57.9 Å². The van der Waals surface area contributed by atoms with Gasteiger partial charge < -0.3 is 110 Å². The van der Waals surface area contributed by atoms with Crippen molar-refractivity contribution in [3.63, 3.8) is 0 Å². The van der Waals surface area contributed by atoms with Crippen molar-refractivity contribution in [2.24, 2.45) is 17.8 Å². The lowest BCUT2D eigenvalue weighted by atomic mass is 9.81. The Morgan fingerprint density at radius 2 is 1.26 bits per heavy atom. The molecule has 0 aromatic carbocycles. The van der Waals surface area contributed by atoms with Crippen molar-refractivity contribution < 1.29 is 110 Å². The van der Waals surface area contributed by atoms with Crippen LogP contribution in [0.3, 0.4) is 0 Å². The number of hydrogen-bond acceptors (Lipinski definition) is 23. The van der Waals surface area contributed by atoms with Gasteiger partial charge in [0.2, 0.25) is 11.7 Å². The van der Waals surface area contributed by atoms with Gasteiger partial charge in [0.1, 0.15) is 30.5 Å². The van der Waals surface area contributed by atoms with Gasteiger partial charge in [0.05, 0.1) is 112 Å². The number of nitrogens with zero attached hydrogens (tertiary/aromatic N) is 1. The van der Waals surface area contributed by atoms with Crippen molar-refractivity contribution in [3.05, 3.63) is 85.1 Å². The number of carbonyl (C=O) groups is 2. The lowest BCUT2D eigenvalue weighted by molar-refractivity contribution is -0.323. The molecule has 5 rings (SSSR count). The predicted molar refractivity (Wildman–Crippen MR) is 289 cm³/mol. The second kappa shape index (κ2) is 32.6. The number of allylic oxidation sites excluding steroid dienone is 12. The topological polar surface area (TPSA) is 388 Å². The number of carbonyl (C=O) groups excluding carboxylic acids is 2. The third-order valence-electron chi connectivity index (χ3n) is 15.6. The summed E-state index contributed by atoms with van der Waals surface area (Å²) in [5.74, 6) is -8.22. The van der Waals surface area contributed by atoms with E-state index < -0.39 is 184 Å². The van der Waals surface area contributed by atoms with Gasteiger partial charge in [-0.2, -0.15) is 0 Å². The maximum absolute atomic E-state index is 14.4. The summed E-state index contributed by atoms with van der Waals surface area (Å²) >= 11 is 0. The summed E-state index contributed by atoms with van der Waals surface area (Å²) < 4.78 is 34.9. The fraction of sp³-hybridized carbons (Fsp3) is 0.719. The van der Waals surface area contributed by atoms with E-state index >= 15 is 0 Å². The molecule has 23 atom stereocenters. The molecule has 2 bridgehead atoms. The number of cyclic esters (lactones) is 1. The van der Waals surface area contributed by atoms with Gasteiger partial charge in [-0.15, -0.1) is 0 Å². The number of aliphatic hydroxyl groups is 14. The zero-order valence-corrected chi connectivity index (χ0v) is 46.6. The maximum Gasteiger partial charge on any atom is 0.308 e. The highest BCUT2D eigenvalue weighted by atomic mass is 16.7. The Bertz CT molecular complexity index is 2140. The molecule has 0 aromatic heterocycles. The number of nitrogens with one attached hydrogen (secondary N) is 1. The summed E-state index contributed by atoms with van der Waals surface area (Å²) in [6.07, 6.45) is -2.91. The first-order valence-corrected chi connectivity index (χ1v) is 28.0. The first-order chi connectivity index (χ1) is 38.3. The molecule has 4 saturated heterocycles. The smallest absolute Gasteiger partial charge is 0.308 e. The first kappa shape index (κ1) is 68.1. The van der Waals surface area contributed by atoms with E-state index in [1.54, 1.807) is 86.8 Å². The fourth-order valence-electron chi connectivity index (χ4n) is 10.5. The minimum Gasteiger partial charge on any atom is -0.462 e. The van der Waals surface area contributed by atoms with Crippen LogP contribution in [0.15, 0.2) is 85.1 Å². The number of fused-ring (bicyclic) bond motifs is 2. The van der Waals surface area contributed by atoms with Crippen LogP contribution in [-0.2, 0) is 38.0 Å². The van der Waals surface area contributed by atoms with E-state index in [1.165, 1.54) is 17.9 Å². The predicted octanol–water partition coefficient (Wildman–Crippen LogP) is -2.08. The van der Waals surface area contributed by atoms with Crippen molar-refractivity contribution >= 4 is 11.9 Å². The molecule has 0 spiro atoms. The molecule has 15 N–H and O–H groups in total. The number of rotatable bonds is 6. The van der Waals surface area contributed by atoms with Gasteiger partial charge >= 0.3 is 5.97 Å². The molecule has 3 unspecified atom stereocenters. The number of morpholine rings is 1. The van der Waals surface area contributed by atoms with Crippen LogP contribution in [0.5, 0.6) is 0 Å². The summed E-state index contributed by atoms with van der Waals surface area (Å²) in [6, 6.07) is -1.34. The lowest BCUT2D eigenvalue weighted by Gasteiger charge is -2.47. The van der Waals surface area contributed by atoms with Gasteiger partial charge in [-0.1, -0.05) is 98.9 Å². The van der Waals surface area contributed by atoms with Crippen molar-refractivity contribution in [2.45, 2.75) is 201 Å². The molecule has 5 aliphatic rings. The second-order valence-corrected chi connectivity index (χ2v) is 22.2. The largest absolute Gasteiger partial charge is 0.462 e. The van der Waals surface area contributed by atoms with Crippen molar-refractivity contribution in [1.29, 1.82) is 0 Å². The van der Waals surface area contributed by atoms with Gasteiger partial charge in [0.25, 0.3) is 0 Å². The molecule has 4 fully saturated rings. The normalized spacial score (nSPS) is 45.8. The van der Waals surface area contributed by atoms with Crippen molar-refractivity contribution in [3.8, 4) is 0 Å². The van der Waals surface area contributed by atoms with Gasteiger partial charge in [-0.3, -0.25) is 9.59 Å². The molecule has 0 aromatic rings. The third-order valence-corrected chi connectivity index (χ3v) is 15.6. The zero-order valence-electron chi connectivity index (χ0n) is 46.6. The van der Waals surface area contributed by atoms with Gasteiger partial charge in [-0.25, -0.2) is 0 Å². The van der Waals surface area contributed by atoms with Crippen LogP contribution < -0.4 is 5.32 Å². The van der Waals surface area contributed by atoms with E-state index in [9.17, 15) is 81.1 Å². The van der Waals surface area contributed by atoms with Crippen molar-refractivity contribution in [2.75, 3.05) is 39.5 Å². The molecule has 81 heavy (non-hydrogen) atoms.